The molecule has 1 heterocycles. The summed E-state index contributed by atoms with van der Waals surface area (Å²) in [5, 5.41) is 7.29. The molecule has 0 amide bonds. The Morgan fingerprint density at radius 2 is 2.24 bits per heavy atom. The van der Waals surface area contributed by atoms with Gasteiger partial charge in [0.2, 0.25) is 0 Å². The zero-order valence-electron chi connectivity index (χ0n) is 9.90. The van der Waals surface area contributed by atoms with Crippen LogP contribution in [-0.4, -0.2) is 11.0 Å². The lowest BCUT2D eigenvalue weighted by atomic mass is 10.2. The van der Waals surface area contributed by atoms with Gasteiger partial charge < -0.3 is 5.32 Å². The summed E-state index contributed by atoms with van der Waals surface area (Å²) in [5.74, 6) is 0. The second-order valence-electron chi connectivity index (χ2n) is 4.17. The maximum atomic E-state index is 5.97. The summed E-state index contributed by atoms with van der Waals surface area (Å²) in [6, 6.07) is 8.27. The molecule has 17 heavy (non-hydrogen) atoms. The SMILES string of the molecule is CC(C)NCc1nc(-c2cccc(Cl)c2)cs1. The van der Waals surface area contributed by atoms with Crippen molar-refractivity contribution in [3.05, 3.63) is 39.7 Å². The van der Waals surface area contributed by atoms with Gasteiger partial charge in [-0.3, -0.25) is 0 Å². The standard InChI is InChI=1S/C13H15ClN2S/c1-9(2)15-7-13-16-12(8-17-13)10-4-3-5-11(14)6-10/h3-6,8-9,15H,7H2,1-2H3. The van der Waals surface area contributed by atoms with Crippen molar-refractivity contribution in [3.63, 3.8) is 0 Å². The van der Waals surface area contributed by atoms with Crippen LogP contribution in [0.2, 0.25) is 5.02 Å². The van der Waals surface area contributed by atoms with Gasteiger partial charge in [0.05, 0.1) is 5.69 Å². The van der Waals surface area contributed by atoms with E-state index in [4.69, 9.17) is 11.6 Å². The minimum atomic E-state index is 0.480. The smallest absolute Gasteiger partial charge is 0.107 e. The second kappa shape index (κ2) is 5.63. The molecule has 4 heteroatoms. The Bertz CT molecular complexity index is 494. The van der Waals surface area contributed by atoms with Crippen molar-refractivity contribution >= 4 is 22.9 Å². The average Bonchev–Trinajstić information content (AvgIpc) is 2.75. The van der Waals surface area contributed by atoms with Crippen molar-refractivity contribution in [3.8, 4) is 11.3 Å². The molecular weight excluding hydrogens is 252 g/mol. The quantitative estimate of drug-likeness (QED) is 0.906. The molecule has 1 aromatic heterocycles. The summed E-state index contributed by atoms with van der Waals surface area (Å²) >= 11 is 7.64. The maximum absolute atomic E-state index is 5.97. The molecule has 0 spiro atoms. The molecule has 90 valence electrons. The van der Waals surface area contributed by atoms with E-state index in [0.29, 0.717) is 6.04 Å². The van der Waals surface area contributed by atoms with Crippen molar-refractivity contribution in [2.24, 2.45) is 0 Å². The van der Waals surface area contributed by atoms with Crippen LogP contribution in [0.1, 0.15) is 18.9 Å². The third-order valence-electron chi connectivity index (χ3n) is 2.33. The highest BCUT2D eigenvalue weighted by atomic mass is 35.5. The molecule has 1 aromatic carbocycles. The second-order valence-corrected chi connectivity index (χ2v) is 5.55. The average molecular weight is 267 g/mol. The molecule has 0 atom stereocenters. The van der Waals surface area contributed by atoms with E-state index >= 15 is 0 Å². The Morgan fingerprint density at radius 1 is 1.41 bits per heavy atom. The molecule has 0 aliphatic rings. The van der Waals surface area contributed by atoms with E-state index < -0.39 is 0 Å². The number of nitrogens with one attached hydrogen (secondary N) is 1. The van der Waals surface area contributed by atoms with Gasteiger partial charge in [-0.05, 0) is 12.1 Å². The van der Waals surface area contributed by atoms with Crippen molar-refractivity contribution in [2.75, 3.05) is 0 Å². The molecule has 0 saturated heterocycles. The Balaban J connectivity index is 2.12. The van der Waals surface area contributed by atoms with Crippen molar-refractivity contribution in [1.29, 1.82) is 0 Å². The molecule has 0 fully saturated rings. The number of hydrogen-bond acceptors (Lipinski definition) is 3. The molecule has 0 bridgehead atoms. The van der Waals surface area contributed by atoms with Gasteiger partial charge in [-0.25, -0.2) is 4.98 Å². The van der Waals surface area contributed by atoms with Gasteiger partial charge >= 0.3 is 0 Å². The van der Waals surface area contributed by atoms with Crippen LogP contribution in [0.25, 0.3) is 11.3 Å². The zero-order chi connectivity index (χ0) is 12.3. The third-order valence-corrected chi connectivity index (χ3v) is 3.42. The summed E-state index contributed by atoms with van der Waals surface area (Å²) in [6.07, 6.45) is 0. The Kier molecular flexibility index (Phi) is 4.15. The van der Waals surface area contributed by atoms with Crippen LogP contribution in [0, 0.1) is 0 Å². The molecule has 2 aromatic rings. The fourth-order valence-electron chi connectivity index (χ4n) is 1.46. The molecule has 2 nitrogen and oxygen atoms in total. The van der Waals surface area contributed by atoms with Crippen LogP contribution in [0.5, 0.6) is 0 Å². The van der Waals surface area contributed by atoms with Gasteiger partial charge in [-0.15, -0.1) is 11.3 Å². The molecule has 0 radical (unpaired) electrons. The summed E-state index contributed by atoms with van der Waals surface area (Å²) in [5.41, 5.74) is 2.07. The minimum Gasteiger partial charge on any atom is -0.308 e. The first-order valence-corrected chi connectivity index (χ1v) is 6.84. The fourth-order valence-corrected chi connectivity index (χ4v) is 2.41. The summed E-state index contributed by atoms with van der Waals surface area (Å²) in [4.78, 5) is 4.59. The molecule has 1 N–H and O–H groups in total. The molecular formula is C13H15ClN2S. The fraction of sp³-hybridized carbons (Fsp3) is 0.308. The molecule has 0 saturated carbocycles. The number of nitrogens with zero attached hydrogens (tertiary/aromatic N) is 1. The van der Waals surface area contributed by atoms with E-state index in [2.05, 4.69) is 29.5 Å². The number of hydrogen-bond donors (Lipinski definition) is 1. The lowest BCUT2D eigenvalue weighted by Crippen LogP contribution is -2.21. The number of halogens is 1. The van der Waals surface area contributed by atoms with Crippen LogP contribution in [0.3, 0.4) is 0 Å². The van der Waals surface area contributed by atoms with Gasteiger partial charge in [-0.1, -0.05) is 37.6 Å². The predicted octanol–water partition coefficient (Wildman–Crippen LogP) is 3.96. The summed E-state index contributed by atoms with van der Waals surface area (Å²) in [6.45, 7) is 5.08. The number of rotatable bonds is 4. The normalized spacial score (nSPS) is 11.1. The van der Waals surface area contributed by atoms with E-state index in [-0.39, 0.29) is 0 Å². The first-order chi connectivity index (χ1) is 8.15. The first kappa shape index (κ1) is 12.6. The van der Waals surface area contributed by atoms with Gasteiger partial charge in [0, 0.05) is 28.6 Å². The highest BCUT2D eigenvalue weighted by Gasteiger charge is 2.05. The van der Waals surface area contributed by atoms with Gasteiger partial charge in [0.1, 0.15) is 5.01 Å². The van der Waals surface area contributed by atoms with Crippen LogP contribution in [0.15, 0.2) is 29.6 Å². The van der Waals surface area contributed by atoms with Crippen LogP contribution < -0.4 is 5.32 Å². The molecule has 0 aliphatic heterocycles. The number of benzene rings is 1. The Morgan fingerprint density at radius 3 is 2.94 bits per heavy atom. The topological polar surface area (TPSA) is 24.9 Å². The third kappa shape index (κ3) is 3.53. The van der Waals surface area contributed by atoms with E-state index in [0.717, 1.165) is 27.8 Å². The maximum Gasteiger partial charge on any atom is 0.107 e. The lowest BCUT2D eigenvalue weighted by Gasteiger charge is -2.04. The van der Waals surface area contributed by atoms with Crippen LogP contribution in [0.4, 0.5) is 0 Å². The van der Waals surface area contributed by atoms with Crippen molar-refractivity contribution < 1.29 is 0 Å². The number of thiazole rings is 1. The monoisotopic (exact) mass is 266 g/mol. The minimum absolute atomic E-state index is 0.480. The predicted molar refractivity (Wildman–Crippen MR) is 74.5 cm³/mol. The summed E-state index contributed by atoms with van der Waals surface area (Å²) in [7, 11) is 0. The highest BCUT2D eigenvalue weighted by molar-refractivity contribution is 7.09. The van der Waals surface area contributed by atoms with Crippen molar-refractivity contribution in [2.45, 2.75) is 26.4 Å². The van der Waals surface area contributed by atoms with Crippen molar-refractivity contribution in [1.82, 2.24) is 10.3 Å². The lowest BCUT2D eigenvalue weighted by molar-refractivity contribution is 0.587. The Labute approximate surface area is 111 Å². The zero-order valence-corrected chi connectivity index (χ0v) is 11.5. The van der Waals surface area contributed by atoms with E-state index in [1.165, 1.54) is 0 Å². The molecule has 0 unspecified atom stereocenters. The van der Waals surface area contributed by atoms with Gasteiger partial charge in [0.15, 0.2) is 0 Å². The summed E-state index contributed by atoms with van der Waals surface area (Å²) < 4.78 is 0. The van der Waals surface area contributed by atoms with E-state index in [1.54, 1.807) is 11.3 Å². The molecule has 2 rings (SSSR count). The van der Waals surface area contributed by atoms with E-state index in [9.17, 15) is 0 Å². The highest BCUT2D eigenvalue weighted by Crippen LogP contribution is 2.24. The van der Waals surface area contributed by atoms with E-state index in [1.807, 2.05) is 24.3 Å². The van der Waals surface area contributed by atoms with Crippen LogP contribution in [-0.2, 0) is 6.54 Å². The van der Waals surface area contributed by atoms with Gasteiger partial charge in [0.25, 0.3) is 0 Å². The van der Waals surface area contributed by atoms with Gasteiger partial charge in [-0.2, -0.15) is 0 Å². The largest absolute Gasteiger partial charge is 0.308 e. The molecule has 0 aliphatic carbocycles. The Hall–Kier alpha value is -0.900. The number of aromatic nitrogens is 1. The first-order valence-electron chi connectivity index (χ1n) is 5.59. The van der Waals surface area contributed by atoms with Crippen LogP contribution >= 0.6 is 22.9 Å².